The fraction of sp³-hybridized carbons (Fsp3) is 0.500. The molecule has 34 heavy (non-hydrogen) atoms. The third-order valence-corrected chi connectivity index (χ3v) is 5.30. The van der Waals surface area contributed by atoms with Crippen molar-refractivity contribution in [1.29, 1.82) is 0 Å². The molecule has 5 unspecified atom stereocenters. The molecular weight excluding hydrogens is 446 g/mol. The predicted octanol–water partition coefficient (Wildman–Crippen LogP) is -1.26. The zero-order valence-electron chi connectivity index (χ0n) is 19.4. The van der Waals surface area contributed by atoms with E-state index >= 15 is 0 Å². The third kappa shape index (κ3) is 9.06. The standard InChI is InChI=1S/C22H33N5O7/c1-4-11(2)18(22(33)34)27-21(32)16(9-13-5-7-14(28)8-6-13)26-19(30)12(3)25-20(31)15(23)10-17(24)29/h5-8,11-12,15-16,18,28H,4,9-10,23H2,1-3H3,(H2,24,29)(H,25,31)(H,26,30)(H,27,32)(H,33,34). The molecule has 1 rings (SSSR count). The van der Waals surface area contributed by atoms with Crippen molar-refractivity contribution in [3.8, 4) is 5.75 Å². The number of aliphatic carboxylic acids is 1. The second-order valence-corrected chi connectivity index (χ2v) is 8.15. The first kappa shape index (κ1) is 28.4. The van der Waals surface area contributed by atoms with Crippen LogP contribution in [0, 0.1) is 5.92 Å². The van der Waals surface area contributed by atoms with Gasteiger partial charge in [0.25, 0.3) is 0 Å². The van der Waals surface area contributed by atoms with E-state index in [1.165, 1.54) is 19.1 Å². The van der Waals surface area contributed by atoms with Crippen molar-refractivity contribution in [2.24, 2.45) is 17.4 Å². The van der Waals surface area contributed by atoms with E-state index in [2.05, 4.69) is 16.0 Å². The van der Waals surface area contributed by atoms with E-state index in [1.807, 2.05) is 0 Å². The molecule has 12 nitrogen and oxygen atoms in total. The molecule has 0 saturated carbocycles. The fourth-order valence-corrected chi connectivity index (χ4v) is 3.01. The van der Waals surface area contributed by atoms with Crippen molar-refractivity contribution in [1.82, 2.24) is 16.0 Å². The highest BCUT2D eigenvalue weighted by Crippen LogP contribution is 2.13. The zero-order valence-corrected chi connectivity index (χ0v) is 19.4. The van der Waals surface area contributed by atoms with Crippen molar-refractivity contribution in [3.63, 3.8) is 0 Å². The van der Waals surface area contributed by atoms with Crippen molar-refractivity contribution >= 4 is 29.6 Å². The van der Waals surface area contributed by atoms with Gasteiger partial charge in [-0.05, 0) is 30.5 Å². The maximum atomic E-state index is 13.0. The quantitative estimate of drug-likeness (QED) is 0.181. The second kappa shape index (κ2) is 13.1. The summed E-state index contributed by atoms with van der Waals surface area (Å²) in [7, 11) is 0. The smallest absolute Gasteiger partial charge is 0.326 e. The Labute approximate surface area is 197 Å². The minimum Gasteiger partial charge on any atom is -0.508 e. The summed E-state index contributed by atoms with van der Waals surface area (Å²) in [6.07, 6.45) is 0.0889. The van der Waals surface area contributed by atoms with Crippen molar-refractivity contribution in [2.75, 3.05) is 0 Å². The van der Waals surface area contributed by atoms with E-state index in [0.717, 1.165) is 0 Å². The summed E-state index contributed by atoms with van der Waals surface area (Å²) in [5, 5.41) is 26.3. The Morgan fingerprint density at radius 2 is 1.53 bits per heavy atom. The van der Waals surface area contributed by atoms with Gasteiger partial charge in [0, 0.05) is 6.42 Å². The predicted molar refractivity (Wildman–Crippen MR) is 122 cm³/mol. The molecule has 0 saturated heterocycles. The van der Waals surface area contributed by atoms with E-state index < -0.39 is 60.2 Å². The molecule has 9 N–H and O–H groups in total. The molecule has 1 aromatic carbocycles. The largest absolute Gasteiger partial charge is 0.508 e. The highest BCUT2D eigenvalue weighted by Gasteiger charge is 2.31. The Bertz CT molecular complexity index is 890. The first-order valence-electron chi connectivity index (χ1n) is 10.8. The number of carboxylic acid groups (broad SMARTS) is 1. The number of carbonyl (C=O) groups is 5. The molecule has 5 atom stereocenters. The van der Waals surface area contributed by atoms with Crippen molar-refractivity contribution in [3.05, 3.63) is 29.8 Å². The lowest BCUT2D eigenvalue weighted by molar-refractivity contribution is -0.143. The summed E-state index contributed by atoms with van der Waals surface area (Å²) in [5.74, 6) is -4.56. The monoisotopic (exact) mass is 479 g/mol. The van der Waals surface area contributed by atoms with E-state index in [-0.39, 0.29) is 18.1 Å². The number of carboxylic acids is 1. The van der Waals surface area contributed by atoms with Crippen LogP contribution in [0.3, 0.4) is 0 Å². The lowest BCUT2D eigenvalue weighted by Crippen LogP contribution is -2.57. The molecule has 0 aliphatic carbocycles. The third-order valence-electron chi connectivity index (χ3n) is 5.30. The fourth-order valence-electron chi connectivity index (χ4n) is 3.01. The van der Waals surface area contributed by atoms with E-state index in [1.54, 1.807) is 26.0 Å². The van der Waals surface area contributed by atoms with E-state index in [4.69, 9.17) is 11.5 Å². The number of phenolic OH excluding ortho intramolecular Hbond substituents is 1. The topological polar surface area (TPSA) is 214 Å². The minimum absolute atomic E-state index is 0.00739. The van der Waals surface area contributed by atoms with Crippen LogP contribution in [0.5, 0.6) is 5.75 Å². The number of nitrogens with one attached hydrogen (secondary N) is 3. The van der Waals surface area contributed by atoms with Gasteiger partial charge in [0.2, 0.25) is 23.6 Å². The number of primary amides is 1. The first-order valence-corrected chi connectivity index (χ1v) is 10.8. The number of aromatic hydroxyl groups is 1. The Balaban J connectivity index is 3.00. The van der Waals surface area contributed by atoms with Gasteiger partial charge in [0.1, 0.15) is 23.9 Å². The summed E-state index contributed by atoms with van der Waals surface area (Å²) in [6.45, 7) is 4.83. The van der Waals surface area contributed by atoms with Crippen LogP contribution in [0.15, 0.2) is 24.3 Å². The number of benzene rings is 1. The second-order valence-electron chi connectivity index (χ2n) is 8.15. The molecule has 0 fully saturated rings. The van der Waals surface area contributed by atoms with Crippen molar-refractivity contribution < 1.29 is 34.2 Å². The highest BCUT2D eigenvalue weighted by molar-refractivity contribution is 5.95. The number of nitrogens with two attached hydrogens (primary N) is 2. The van der Waals surface area contributed by atoms with Gasteiger partial charge >= 0.3 is 5.97 Å². The zero-order chi connectivity index (χ0) is 26.0. The molecule has 0 aliphatic heterocycles. The SMILES string of the molecule is CCC(C)C(NC(=O)C(Cc1ccc(O)cc1)NC(=O)C(C)NC(=O)C(N)CC(N)=O)C(=O)O. The first-order chi connectivity index (χ1) is 15.8. The molecule has 12 heteroatoms. The summed E-state index contributed by atoms with van der Waals surface area (Å²) in [5.41, 5.74) is 11.2. The molecule has 1 aromatic rings. The van der Waals surface area contributed by atoms with Gasteiger partial charge in [0.05, 0.1) is 12.5 Å². The molecule has 188 valence electrons. The number of phenols is 1. The molecule has 4 amide bonds. The molecule has 0 bridgehead atoms. The Morgan fingerprint density at radius 1 is 0.941 bits per heavy atom. The van der Waals surface area contributed by atoms with Crippen molar-refractivity contribution in [2.45, 2.75) is 64.2 Å². The van der Waals surface area contributed by atoms with Crippen LogP contribution < -0.4 is 27.4 Å². The molecule has 0 heterocycles. The van der Waals surface area contributed by atoms with Gasteiger partial charge < -0.3 is 37.6 Å². The van der Waals surface area contributed by atoms with Gasteiger partial charge in [-0.2, -0.15) is 0 Å². The Kier molecular flexibility index (Phi) is 11.0. The number of hydrogen-bond acceptors (Lipinski definition) is 7. The Hall–Kier alpha value is -3.67. The van der Waals surface area contributed by atoms with Crippen LogP contribution in [0.2, 0.25) is 0 Å². The van der Waals surface area contributed by atoms with Gasteiger partial charge in [-0.3, -0.25) is 19.2 Å². The molecular formula is C22H33N5O7. The average Bonchev–Trinajstić information content (AvgIpc) is 2.76. The minimum atomic E-state index is -1.24. The van der Waals surface area contributed by atoms with Crippen LogP contribution in [0.1, 0.15) is 39.2 Å². The molecule has 0 aliphatic rings. The molecule has 0 aromatic heterocycles. The number of hydrogen-bond donors (Lipinski definition) is 7. The number of rotatable bonds is 13. The Morgan fingerprint density at radius 3 is 2.03 bits per heavy atom. The van der Waals surface area contributed by atoms with Gasteiger partial charge in [-0.15, -0.1) is 0 Å². The van der Waals surface area contributed by atoms with Crippen LogP contribution in [-0.2, 0) is 30.4 Å². The number of amides is 4. The highest BCUT2D eigenvalue weighted by atomic mass is 16.4. The lowest BCUT2D eigenvalue weighted by Gasteiger charge is -2.25. The number of carbonyl (C=O) groups excluding carboxylic acids is 4. The van der Waals surface area contributed by atoms with Crippen LogP contribution >= 0.6 is 0 Å². The van der Waals surface area contributed by atoms with Gasteiger partial charge in [0.15, 0.2) is 0 Å². The maximum absolute atomic E-state index is 13.0. The lowest BCUT2D eigenvalue weighted by atomic mass is 9.98. The van der Waals surface area contributed by atoms with Crippen LogP contribution in [0.4, 0.5) is 0 Å². The summed E-state index contributed by atoms with van der Waals surface area (Å²) in [6, 6.07) is 1.23. The maximum Gasteiger partial charge on any atom is 0.326 e. The molecule has 0 spiro atoms. The average molecular weight is 480 g/mol. The summed E-state index contributed by atoms with van der Waals surface area (Å²) >= 11 is 0. The van der Waals surface area contributed by atoms with E-state index in [9.17, 15) is 34.2 Å². The summed E-state index contributed by atoms with van der Waals surface area (Å²) in [4.78, 5) is 60.3. The normalized spacial score (nSPS) is 15.2. The molecule has 0 radical (unpaired) electrons. The van der Waals surface area contributed by atoms with E-state index in [0.29, 0.717) is 12.0 Å². The van der Waals surface area contributed by atoms with Crippen LogP contribution in [-0.4, -0.2) is 64.0 Å². The van der Waals surface area contributed by atoms with Gasteiger partial charge in [-0.25, -0.2) is 4.79 Å². The van der Waals surface area contributed by atoms with Crippen LogP contribution in [0.25, 0.3) is 0 Å². The summed E-state index contributed by atoms with van der Waals surface area (Å²) < 4.78 is 0. The van der Waals surface area contributed by atoms with Gasteiger partial charge in [-0.1, -0.05) is 32.4 Å².